The third-order valence-corrected chi connectivity index (χ3v) is 8.78. The average molecular weight is 450 g/mol. The fourth-order valence-electron chi connectivity index (χ4n) is 6.91. The van der Waals surface area contributed by atoms with E-state index in [2.05, 4.69) is 33.9 Å². The van der Waals surface area contributed by atoms with Crippen molar-refractivity contribution in [1.82, 2.24) is 4.90 Å². The topological polar surface area (TPSA) is 30.0 Å². The summed E-state index contributed by atoms with van der Waals surface area (Å²) in [6.07, 6.45) is 6.76. The summed E-state index contributed by atoms with van der Waals surface area (Å²) in [6, 6.07) is 12.0. The number of piperidine rings is 1. The molecule has 0 bridgehead atoms. The normalized spacial score (nSPS) is 25.9. The Bertz CT molecular complexity index is 1000. The predicted molar refractivity (Wildman–Crippen MR) is 132 cm³/mol. The van der Waals surface area contributed by atoms with E-state index < -0.39 is 6.10 Å². The smallest absolute Gasteiger partial charge is 0.123 e. The van der Waals surface area contributed by atoms with Gasteiger partial charge in [0.15, 0.2) is 0 Å². The van der Waals surface area contributed by atoms with E-state index in [9.17, 15) is 9.50 Å². The molecule has 4 nitrogen and oxygen atoms in total. The molecule has 2 aromatic rings. The van der Waals surface area contributed by atoms with Crippen molar-refractivity contribution in [2.24, 2.45) is 0 Å². The van der Waals surface area contributed by atoms with E-state index in [4.69, 9.17) is 0 Å². The molecule has 1 N–H and O–H groups in total. The van der Waals surface area contributed by atoms with Gasteiger partial charge in [-0.3, -0.25) is 0 Å². The van der Waals surface area contributed by atoms with Crippen LogP contribution in [-0.4, -0.2) is 55.8 Å². The number of fused-ring (bicyclic) bond motifs is 3. The van der Waals surface area contributed by atoms with E-state index in [1.807, 2.05) is 0 Å². The highest BCUT2D eigenvalue weighted by molar-refractivity contribution is 5.82. The average Bonchev–Trinajstić information content (AvgIpc) is 3.48. The Kier molecular flexibility index (Phi) is 5.58. The van der Waals surface area contributed by atoms with Crippen molar-refractivity contribution in [2.45, 2.75) is 62.5 Å². The number of aliphatic hydroxyl groups is 1. The number of aliphatic hydroxyl groups excluding tert-OH is 1. The molecule has 2 fully saturated rings. The molecule has 0 aromatic heterocycles. The van der Waals surface area contributed by atoms with Crippen LogP contribution in [-0.2, 0) is 0 Å². The van der Waals surface area contributed by atoms with Crippen LogP contribution in [0.5, 0.6) is 0 Å². The van der Waals surface area contributed by atoms with Crippen molar-refractivity contribution in [2.75, 3.05) is 49.6 Å². The molecule has 4 aliphatic rings. The van der Waals surface area contributed by atoms with Gasteiger partial charge in [0.1, 0.15) is 5.82 Å². The molecular formula is C28H36FN3O. The second kappa shape index (κ2) is 8.59. The number of benzene rings is 2. The number of likely N-dealkylation sites (tertiary alicyclic amines) is 1. The highest BCUT2D eigenvalue weighted by atomic mass is 19.1. The number of hydrogen-bond donors (Lipinski definition) is 1. The molecule has 3 aliphatic heterocycles. The fraction of sp³-hybridized carbons (Fsp3) is 0.571. The fourth-order valence-corrected chi connectivity index (χ4v) is 6.91. The minimum Gasteiger partial charge on any atom is -0.388 e. The van der Waals surface area contributed by atoms with Gasteiger partial charge in [-0.15, -0.1) is 0 Å². The number of halogens is 1. The number of anilines is 2. The SMILES string of the molecule is CN1CCN2c3c(cc(C4CCCC4)cc31)[C@@H]1CN(CCC(O)c3ccc(F)cc3)CC[C@@H]12. The van der Waals surface area contributed by atoms with Crippen LogP contribution in [0.1, 0.15) is 73.2 Å². The Morgan fingerprint density at radius 2 is 1.82 bits per heavy atom. The van der Waals surface area contributed by atoms with Crippen LogP contribution in [0.3, 0.4) is 0 Å². The van der Waals surface area contributed by atoms with Gasteiger partial charge >= 0.3 is 0 Å². The third-order valence-electron chi connectivity index (χ3n) is 8.78. The molecule has 2 aromatic carbocycles. The van der Waals surface area contributed by atoms with E-state index in [-0.39, 0.29) is 5.82 Å². The van der Waals surface area contributed by atoms with Crippen LogP contribution < -0.4 is 9.80 Å². The van der Waals surface area contributed by atoms with Crippen LogP contribution >= 0.6 is 0 Å². The highest BCUT2D eigenvalue weighted by Crippen LogP contribution is 2.52. The van der Waals surface area contributed by atoms with Crippen molar-refractivity contribution in [1.29, 1.82) is 0 Å². The lowest BCUT2D eigenvalue weighted by atomic mass is 9.86. The van der Waals surface area contributed by atoms with Crippen molar-refractivity contribution >= 4 is 11.4 Å². The van der Waals surface area contributed by atoms with E-state index in [0.717, 1.165) is 44.2 Å². The molecule has 0 radical (unpaired) electrons. The van der Waals surface area contributed by atoms with Crippen LogP contribution in [0.15, 0.2) is 36.4 Å². The molecular weight excluding hydrogens is 413 g/mol. The van der Waals surface area contributed by atoms with E-state index in [0.29, 0.717) is 18.4 Å². The van der Waals surface area contributed by atoms with Gasteiger partial charge in [0.25, 0.3) is 0 Å². The van der Waals surface area contributed by atoms with Crippen LogP contribution in [0.4, 0.5) is 15.8 Å². The third kappa shape index (κ3) is 3.83. The van der Waals surface area contributed by atoms with Gasteiger partial charge in [0.2, 0.25) is 0 Å². The zero-order valence-corrected chi connectivity index (χ0v) is 19.7. The summed E-state index contributed by atoms with van der Waals surface area (Å²) in [5.41, 5.74) is 6.92. The second-order valence-corrected chi connectivity index (χ2v) is 10.7. The summed E-state index contributed by atoms with van der Waals surface area (Å²) in [4.78, 5) is 7.74. The summed E-state index contributed by atoms with van der Waals surface area (Å²) in [5, 5.41) is 10.6. The number of likely N-dealkylation sites (N-methyl/N-ethyl adjacent to an activating group) is 1. The molecule has 6 rings (SSSR count). The van der Waals surface area contributed by atoms with Gasteiger partial charge in [0, 0.05) is 51.7 Å². The first kappa shape index (κ1) is 21.4. The second-order valence-electron chi connectivity index (χ2n) is 10.7. The maximum atomic E-state index is 13.2. The minimum absolute atomic E-state index is 0.253. The van der Waals surface area contributed by atoms with Crippen LogP contribution in [0.2, 0.25) is 0 Å². The maximum Gasteiger partial charge on any atom is 0.123 e. The van der Waals surface area contributed by atoms with Crippen molar-refractivity contribution < 1.29 is 9.50 Å². The molecule has 1 saturated heterocycles. The Morgan fingerprint density at radius 1 is 1.03 bits per heavy atom. The summed E-state index contributed by atoms with van der Waals surface area (Å²) in [7, 11) is 2.26. The highest BCUT2D eigenvalue weighted by Gasteiger charge is 2.45. The first-order chi connectivity index (χ1) is 16.1. The Balaban J connectivity index is 1.22. The van der Waals surface area contributed by atoms with E-state index in [1.54, 1.807) is 23.3 Å². The van der Waals surface area contributed by atoms with Gasteiger partial charge in [-0.2, -0.15) is 0 Å². The van der Waals surface area contributed by atoms with Gasteiger partial charge in [0.05, 0.1) is 17.5 Å². The van der Waals surface area contributed by atoms with Crippen LogP contribution in [0.25, 0.3) is 0 Å². The first-order valence-electron chi connectivity index (χ1n) is 12.9. The summed E-state index contributed by atoms with van der Waals surface area (Å²) in [6.45, 7) is 5.28. The molecule has 176 valence electrons. The molecule has 1 unspecified atom stereocenters. The molecule has 33 heavy (non-hydrogen) atoms. The predicted octanol–water partition coefficient (Wildman–Crippen LogP) is 5.03. The van der Waals surface area contributed by atoms with Gasteiger partial charge in [-0.1, -0.05) is 31.0 Å². The van der Waals surface area contributed by atoms with Crippen molar-refractivity contribution in [3.05, 3.63) is 58.9 Å². The lowest BCUT2D eigenvalue weighted by Crippen LogP contribution is -2.49. The molecule has 3 atom stereocenters. The quantitative estimate of drug-likeness (QED) is 0.693. The Labute approximate surface area is 197 Å². The zero-order valence-electron chi connectivity index (χ0n) is 19.7. The molecule has 0 spiro atoms. The molecule has 0 amide bonds. The summed E-state index contributed by atoms with van der Waals surface area (Å²) < 4.78 is 13.2. The van der Waals surface area contributed by atoms with Crippen LogP contribution in [0, 0.1) is 5.82 Å². The largest absolute Gasteiger partial charge is 0.388 e. The van der Waals surface area contributed by atoms with Crippen molar-refractivity contribution in [3.8, 4) is 0 Å². The van der Waals surface area contributed by atoms with Gasteiger partial charge < -0.3 is 19.8 Å². The summed E-state index contributed by atoms with van der Waals surface area (Å²) >= 11 is 0. The summed E-state index contributed by atoms with van der Waals surface area (Å²) in [5.74, 6) is 1.04. The molecule has 5 heteroatoms. The van der Waals surface area contributed by atoms with E-state index >= 15 is 0 Å². The van der Waals surface area contributed by atoms with Gasteiger partial charge in [-0.05, 0) is 66.5 Å². The monoisotopic (exact) mass is 449 g/mol. The van der Waals surface area contributed by atoms with Crippen molar-refractivity contribution in [3.63, 3.8) is 0 Å². The molecule has 1 saturated carbocycles. The zero-order chi connectivity index (χ0) is 22.5. The minimum atomic E-state index is -0.535. The number of hydrogen-bond acceptors (Lipinski definition) is 4. The number of rotatable bonds is 5. The Morgan fingerprint density at radius 3 is 2.61 bits per heavy atom. The standard InChI is InChI=1S/C28H36FN3O/c1-30-14-15-32-25-10-12-31(13-11-27(33)20-6-8-22(29)9-7-20)18-24(25)23-16-21(17-26(30)28(23)32)19-4-2-3-5-19/h6-9,16-17,19,24-25,27,33H,2-5,10-15,18H2,1H3/t24-,25-,27?/m0/s1. The van der Waals surface area contributed by atoms with Gasteiger partial charge in [-0.25, -0.2) is 4.39 Å². The number of nitrogens with zero attached hydrogens (tertiary/aromatic N) is 3. The molecule has 1 aliphatic carbocycles. The Hall–Kier alpha value is -2.11. The lowest BCUT2D eigenvalue weighted by molar-refractivity contribution is 0.125. The maximum absolute atomic E-state index is 13.2. The first-order valence-corrected chi connectivity index (χ1v) is 12.9. The molecule has 3 heterocycles. The lowest BCUT2D eigenvalue weighted by Gasteiger charge is -2.42. The van der Waals surface area contributed by atoms with E-state index in [1.165, 1.54) is 55.6 Å².